The van der Waals surface area contributed by atoms with E-state index >= 15 is 0 Å². The van der Waals surface area contributed by atoms with Crippen LogP contribution < -0.4 is 5.32 Å². The van der Waals surface area contributed by atoms with Crippen LogP contribution in [0.1, 0.15) is 11.3 Å². The van der Waals surface area contributed by atoms with Crippen LogP contribution in [0.4, 0.5) is 5.13 Å². The number of rotatable bonds is 7. The van der Waals surface area contributed by atoms with E-state index in [4.69, 9.17) is 9.94 Å². The fourth-order valence-corrected chi connectivity index (χ4v) is 2.09. The van der Waals surface area contributed by atoms with E-state index in [2.05, 4.69) is 15.5 Å². The van der Waals surface area contributed by atoms with Gasteiger partial charge in [0.05, 0.1) is 0 Å². The van der Waals surface area contributed by atoms with E-state index in [1.54, 1.807) is 0 Å². The molecule has 1 heterocycles. The quantitative estimate of drug-likeness (QED) is 0.461. The van der Waals surface area contributed by atoms with E-state index in [0.717, 1.165) is 16.9 Å². The third-order valence-electron chi connectivity index (χ3n) is 2.36. The molecule has 7 nitrogen and oxygen atoms in total. The number of aromatic nitrogens is 1. The number of aliphatic carboxylic acids is 1. The van der Waals surface area contributed by atoms with Gasteiger partial charge in [-0.15, -0.1) is 11.3 Å². The molecule has 0 saturated carbocycles. The molecule has 0 aliphatic rings. The maximum absolute atomic E-state index is 11.2. The summed E-state index contributed by atoms with van der Waals surface area (Å²) in [6, 6.07) is 9.23. The highest BCUT2D eigenvalue weighted by atomic mass is 32.1. The zero-order valence-electron chi connectivity index (χ0n) is 10.7. The molecule has 2 aromatic rings. The molecule has 0 saturated heterocycles. The molecule has 0 atom stereocenters. The normalized spacial score (nSPS) is 11.0. The largest absolute Gasteiger partial charge is 0.476 e. The van der Waals surface area contributed by atoms with Gasteiger partial charge >= 0.3 is 5.97 Å². The number of carboxylic acids is 1. The van der Waals surface area contributed by atoms with Gasteiger partial charge < -0.3 is 15.3 Å². The van der Waals surface area contributed by atoms with Gasteiger partial charge in [0.1, 0.15) is 12.3 Å². The Kier molecular flexibility index (Phi) is 4.99. The second-order valence-corrected chi connectivity index (χ2v) is 4.66. The van der Waals surface area contributed by atoms with Crippen molar-refractivity contribution in [3.05, 3.63) is 47.0 Å². The minimum absolute atomic E-state index is 0.130. The van der Waals surface area contributed by atoms with E-state index in [1.165, 1.54) is 5.38 Å². The van der Waals surface area contributed by atoms with Gasteiger partial charge in [-0.2, -0.15) is 0 Å². The fourth-order valence-electron chi connectivity index (χ4n) is 1.44. The highest BCUT2D eigenvalue weighted by Gasteiger charge is 2.17. The Hall–Kier alpha value is -2.74. The second-order valence-electron chi connectivity index (χ2n) is 3.80. The first-order chi connectivity index (χ1) is 10.2. The third kappa shape index (κ3) is 4.11. The number of oxime groups is 1. The molecule has 2 rings (SSSR count). The molecule has 21 heavy (non-hydrogen) atoms. The zero-order valence-corrected chi connectivity index (χ0v) is 11.5. The number of carboxylic acid groups (broad SMARTS) is 1. The van der Waals surface area contributed by atoms with Crippen LogP contribution in [0.15, 0.2) is 40.9 Å². The lowest BCUT2D eigenvalue weighted by atomic mass is 10.2. The Morgan fingerprint density at radius 3 is 2.86 bits per heavy atom. The highest BCUT2D eigenvalue weighted by molar-refractivity contribution is 7.14. The predicted molar refractivity (Wildman–Crippen MR) is 77.2 cm³/mol. The van der Waals surface area contributed by atoms with Crippen molar-refractivity contribution >= 4 is 34.6 Å². The first-order valence-electron chi connectivity index (χ1n) is 5.84. The van der Waals surface area contributed by atoms with E-state index in [9.17, 15) is 9.59 Å². The monoisotopic (exact) mass is 305 g/mol. The molecule has 1 aromatic carbocycles. The number of amides is 1. The summed E-state index contributed by atoms with van der Waals surface area (Å²) in [7, 11) is 0. The number of anilines is 1. The molecule has 1 amide bonds. The Labute approximate surface area is 123 Å². The summed E-state index contributed by atoms with van der Waals surface area (Å²) in [5.41, 5.74) is 0.679. The maximum atomic E-state index is 11.2. The van der Waals surface area contributed by atoms with E-state index in [-0.39, 0.29) is 23.1 Å². The molecule has 0 aliphatic carbocycles. The number of hydrogen-bond acceptors (Lipinski definition) is 6. The molecule has 0 radical (unpaired) electrons. The molecule has 1 aromatic heterocycles. The summed E-state index contributed by atoms with van der Waals surface area (Å²) in [6.07, 6.45) is 0.464. The van der Waals surface area contributed by atoms with Crippen molar-refractivity contribution in [1.29, 1.82) is 0 Å². The van der Waals surface area contributed by atoms with Crippen molar-refractivity contribution < 1.29 is 19.5 Å². The zero-order chi connectivity index (χ0) is 15.1. The topological polar surface area (TPSA) is 101 Å². The summed E-state index contributed by atoms with van der Waals surface area (Å²) in [4.78, 5) is 30.5. The minimum atomic E-state index is -1.26. The predicted octanol–water partition coefficient (Wildman–Crippen LogP) is 1.72. The second kappa shape index (κ2) is 7.15. The number of thiazole rings is 1. The molecule has 108 valence electrons. The van der Waals surface area contributed by atoms with Gasteiger partial charge in [-0.25, -0.2) is 9.78 Å². The van der Waals surface area contributed by atoms with Crippen LogP contribution in [0.2, 0.25) is 0 Å². The van der Waals surface area contributed by atoms with Gasteiger partial charge in [-0.1, -0.05) is 35.5 Å². The van der Waals surface area contributed by atoms with E-state index in [1.807, 2.05) is 30.3 Å². The summed E-state index contributed by atoms with van der Waals surface area (Å²) in [6.45, 7) is 0.154. The van der Waals surface area contributed by atoms with E-state index in [0.29, 0.717) is 6.41 Å². The third-order valence-corrected chi connectivity index (χ3v) is 3.14. The molecule has 8 heteroatoms. The van der Waals surface area contributed by atoms with E-state index < -0.39 is 5.97 Å². The number of nitrogens with zero attached hydrogens (tertiary/aromatic N) is 2. The van der Waals surface area contributed by atoms with Gasteiger partial charge in [0, 0.05) is 5.38 Å². The fraction of sp³-hybridized carbons (Fsp3) is 0.0769. The number of hydrogen-bond donors (Lipinski definition) is 2. The van der Waals surface area contributed by atoms with Gasteiger partial charge in [0.15, 0.2) is 5.13 Å². The number of benzene rings is 1. The maximum Gasteiger partial charge on any atom is 0.360 e. The molecular formula is C13H11N3O4S. The van der Waals surface area contributed by atoms with Gasteiger partial charge in [0.25, 0.3) is 0 Å². The summed E-state index contributed by atoms with van der Waals surface area (Å²) in [5, 5.41) is 16.8. The Bertz CT molecular complexity index is 654. The molecule has 2 N–H and O–H groups in total. The molecule has 0 aliphatic heterocycles. The SMILES string of the molecule is O=CNc1nc(C(=NOCc2ccccc2)C(=O)O)cs1. The van der Waals surface area contributed by atoms with Crippen LogP contribution in [-0.2, 0) is 21.0 Å². The van der Waals surface area contributed by atoms with Crippen molar-refractivity contribution in [1.82, 2.24) is 4.98 Å². The summed E-state index contributed by atoms with van der Waals surface area (Å²) >= 11 is 1.10. The first kappa shape index (κ1) is 14.7. The first-order valence-corrected chi connectivity index (χ1v) is 6.72. The van der Waals surface area contributed by atoms with Crippen LogP contribution in [0, 0.1) is 0 Å². The highest BCUT2D eigenvalue weighted by Crippen LogP contribution is 2.15. The molecular weight excluding hydrogens is 294 g/mol. The average molecular weight is 305 g/mol. The lowest BCUT2D eigenvalue weighted by Gasteiger charge is -2.01. The lowest BCUT2D eigenvalue weighted by Crippen LogP contribution is -2.15. The van der Waals surface area contributed by atoms with Gasteiger partial charge in [-0.05, 0) is 5.56 Å². The standard InChI is InChI=1S/C13H11N3O4S/c17-8-14-13-15-10(7-21-13)11(12(18)19)16-20-6-9-4-2-1-3-5-9/h1-5,7-8H,6H2,(H,18,19)(H,14,15,17). The van der Waals surface area contributed by atoms with Crippen LogP contribution in [0.3, 0.4) is 0 Å². The van der Waals surface area contributed by atoms with Crippen LogP contribution in [-0.4, -0.2) is 28.2 Å². The van der Waals surface area contributed by atoms with Crippen LogP contribution >= 0.6 is 11.3 Å². The Morgan fingerprint density at radius 1 is 1.43 bits per heavy atom. The molecule has 0 spiro atoms. The molecule has 0 fully saturated rings. The lowest BCUT2D eigenvalue weighted by molar-refractivity contribution is -0.129. The van der Waals surface area contributed by atoms with Crippen molar-refractivity contribution in [2.24, 2.45) is 5.16 Å². The average Bonchev–Trinajstić information content (AvgIpc) is 2.93. The van der Waals surface area contributed by atoms with Crippen molar-refractivity contribution in [3.8, 4) is 0 Å². The van der Waals surface area contributed by atoms with Crippen LogP contribution in [0.5, 0.6) is 0 Å². The Morgan fingerprint density at radius 2 is 2.19 bits per heavy atom. The van der Waals surface area contributed by atoms with Crippen molar-refractivity contribution in [2.75, 3.05) is 5.32 Å². The smallest absolute Gasteiger partial charge is 0.360 e. The number of carbonyl (C=O) groups is 2. The Balaban J connectivity index is 2.08. The van der Waals surface area contributed by atoms with Gasteiger partial charge in [-0.3, -0.25) is 4.79 Å². The molecule has 0 unspecified atom stereocenters. The summed E-state index contributed by atoms with van der Waals surface area (Å²) in [5.74, 6) is -1.26. The number of nitrogens with one attached hydrogen (secondary N) is 1. The van der Waals surface area contributed by atoms with Crippen molar-refractivity contribution in [2.45, 2.75) is 6.61 Å². The van der Waals surface area contributed by atoms with Crippen molar-refractivity contribution in [3.63, 3.8) is 0 Å². The minimum Gasteiger partial charge on any atom is -0.476 e. The number of carbonyl (C=O) groups excluding carboxylic acids is 1. The molecule has 0 bridgehead atoms. The van der Waals surface area contributed by atoms with Crippen LogP contribution in [0.25, 0.3) is 0 Å². The summed E-state index contributed by atoms with van der Waals surface area (Å²) < 4.78 is 0. The van der Waals surface area contributed by atoms with Gasteiger partial charge in [0.2, 0.25) is 12.1 Å².